The summed E-state index contributed by atoms with van der Waals surface area (Å²) in [5.41, 5.74) is 14.6. The summed E-state index contributed by atoms with van der Waals surface area (Å²) in [5.74, 6) is 0.531. The monoisotopic (exact) mass is 410 g/mol. The van der Waals surface area contributed by atoms with E-state index in [-0.39, 0.29) is 22.8 Å². The Labute approximate surface area is 176 Å². The molecule has 2 heterocycles. The van der Waals surface area contributed by atoms with E-state index in [2.05, 4.69) is 4.98 Å². The molecule has 0 aliphatic carbocycles. The quantitative estimate of drug-likeness (QED) is 0.334. The molecule has 8 nitrogen and oxygen atoms in total. The summed E-state index contributed by atoms with van der Waals surface area (Å²) in [6, 6.07) is 20.1. The molecule has 150 valence electrons. The predicted molar refractivity (Wildman–Crippen MR) is 115 cm³/mol. The number of nitro benzene ring substituents is 1. The van der Waals surface area contributed by atoms with Gasteiger partial charge < -0.3 is 10.5 Å². The number of nitrogens with one attached hydrogen (secondary N) is 1. The van der Waals surface area contributed by atoms with Crippen molar-refractivity contribution in [1.82, 2.24) is 0 Å². The van der Waals surface area contributed by atoms with Crippen LogP contribution >= 0.6 is 0 Å². The van der Waals surface area contributed by atoms with E-state index in [1.807, 2.05) is 42.5 Å². The number of hydrogen-bond acceptors (Lipinski definition) is 6. The van der Waals surface area contributed by atoms with Crippen LogP contribution in [0.4, 0.5) is 17.2 Å². The first-order chi connectivity index (χ1) is 15.0. The molecular weight excluding hydrogens is 394 g/mol. The van der Waals surface area contributed by atoms with Gasteiger partial charge in [-0.3, -0.25) is 15.8 Å². The Balaban J connectivity index is 1.87. The topological polar surface area (TPSA) is 142 Å². The summed E-state index contributed by atoms with van der Waals surface area (Å²) in [5, 5.41) is 22.8. The van der Waals surface area contributed by atoms with Crippen LogP contribution in [-0.4, -0.2) is 4.92 Å². The van der Waals surface area contributed by atoms with Gasteiger partial charge in [0.2, 0.25) is 0 Å². The normalized spacial score (nSPS) is 14.2. The number of aromatic amines is 1. The number of pyridine rings is 1. The predicted octanol–water partition coefficient (Wildman–Crippen LogP) is 3.88. The molecule has 0 bridgehead atoms. The van der Waals surface area contributed by atoms with E-state index in [0.717, 1.165) is 16.3 Å². The van der Waals surface area contributed by atoms with Crippen LogP contribution in [-0.2, 0) is 0 Å². The van der Waals surface area contributed by atoms with Crippen LogP contribution < -0.4 is 21.2 Å². The SMILES string of the molecule is N#Cc1c(N)[nH+]c2c(c1N)[C@@H](c1cccc([N+](=O)[O-])c1)c1ccc3ccccc3c1O2. The number of nitrogens with zero attached hydrogens (tertiary/aromatic N) is 2. The van der Waals surface area contributed by atoms with Gasteiger partial charge in [-0.1, -0.05) is 48.5 Å². The molecule has 31 heavy (non-hydrogen) atoms. The number of fused-ring (bicyclic) bond motifs is 4. The Bertz CT molecular complexity index is 1440. The van der Waals surface area contributed by atoms with Crippen molar-refractivity contribution in [1.29, 1.82) is 5.26 Å². The molecule has 1 aromatic heterocycles. The molecule has 5 rings (SSSR count). The number of nitrogens with two attached hydrogens (primary N) is 2. The molecule has 0 spiro atoms. The Morgan fingerprint density at radius 3 is 2.68 bits per heavy atom. The Morgan fingerprint density at radius 2 is 1.90 bits per heavy atom. The van der Waals surface area contributed by atoms with E-state index < -0.39 is 10.8 Å². The third-order valence-corrected chi connectivity index (χ3v) is 5.56. The minimum Gasteiger partial charge on any atom is -0.422 e. The molecule has 8 heteroatoms. The van der Waals surface area contributed by atoms with Gasteiger partial charge in [0.15, 0.2) is 5.56 Å². The average Bonchev–Trinajstić information content (AvgIpc) is 2.78. The maximum absolute atomic E-state index is 11.4. The fourth-order valence-electron chi connectivity index (χ4n) is 4.16. The minimum atomic E-state index is -0.493. The number of nitriles is 1. The van der Waals surface area contributed by atoms with Gasteiger partial charge in [-0.2, -0.15) is 5.26 Å². The summed E-state index contributed by atoms with van der Waals surface area (Å²) in [6.07, 6.45) is 0. The second-order valence-electron chi connectivity index (χ2n) is 7.27. The lowest BCUT2D eigenvalue weighted by atomic mass is 9.81. The van der Waals surface area contributed by atoms with Crippen LogP contribution in [0.5, 0.6) is 11.6 Å². The second kappa shape index (κ2) is 6.71. The third-order valence-electron chi connectivity index (χ3n) is 5.56. The molecule has 0 saturated heterocycles. The van der Waals surface area contributed by atoms with Gasteiger partial charge in [0.05, 0.1) is 16.2 Å². The molecule has 0 unspecified atom stereocenters. The van der Waals surface area contributed by atoms with Gasteiger partial charge in [0.25, 0.3) is 17.4 Å². The van der Waals surface area contributed by atoms with E-state index in [1.165, 1.54) is 12.1 Å². The van der Waals surface area contributed by atoms with Gasteiger partial charge in [-0.25, -0.2) is 4.98 Å². The standard InChI is InChI=1S/C23H15N5O3/c24-11-17-20(25)19-18(13-5-3-6-14(10-13)28(29)30)16-9-8-12-4-1-2-7-15(12)21(16)31-23(19)27-22(17)26/h1-10,18H,(H4,25,26,27)/p+1/t18-/m0/s1. The molecule has 4 aromatic rings. The Hall–Kier alpha value is -4.64. The van der Waals surface area contributed by atoms with Gasteiger partial charge >= 0.3 is 0 Å². The number of H-pyrrole nitrogens is 1. The fourth-order valence-corrected chi connectivity index (χ4v) is 4.16. The maximum atomic E-state index is 11.4. The first-order valence-corrected chi connectivity index (χ1v) is 9.47. The zero-order valence-corrected chi connectivity index (χ0v) is 16.1. The number of ether oxygens (including phenoxy) is 1. The van der Waals surface area contributed by atoms with Crippen LogP contribution in [0.2, 0.25) is 0 Å². The van der Waals surface area contributed by atoms with E-state index in [1.54, 1.807) is 12.1 Å². The summed E-state index contributed by atoms with van der Waals surface area (Å²) in [4.78, 5) is 13.9. The molecule has 3 aromatic carbocycles. The second-order valence-corrected chi connectivity index (χ2v) is 7.27. The zero-order chi connectivity index (χ0) is 21.7. The molecule has 0 saturated carbocycles. The lowest BCUT2D eigenvalue weighted by Crippen LogP contribution is -2.25. The zero-order valence-electron chi connectivity index (χ0n) is 16.1. The van der Waals surface area contributed by atoms with E-state index in [0.29, 0.717) is 22.8 Å². The number of nitro groups is 1. The number of rotatable bonds is 2. The first kappa shape index (κ1) is 18.4. The van der Waals surface area contributed by atoms with Gasteiger partial charge in [0, 0.05) is 29.0 Å². The number of hydrogen-bond donors (Lipinski definition) is 2. The van der Waals surface area contributed by atoms with Crippen LogP contribution in [0.25, 0.3) is 10.8 Å². The third kappa shape index (κ3) is 2.72. The van der Waals surface area contributed by atoms with E-state index in [4.69, 9.17) is 16.2 Å². The van der Waals surface area contributed by atoms with Gasteiger partial charge in [0.1, 0.15) is 11.8 Å². The van der Waals surface area contributed by atoms with Crippen LogP contribution in [0.1, 0.15) is 28.2 Å². The molecule has 0 amide bonds. The summed E-state index contributed by atoms with van der Waals surface area (Å²) in [7, 11) is 0. The molecular formula is C23H16N5O3+. The van der Waals surface area contributed by atoms with Crippen molar-refractivity contribution in [2.75, 3.05) is 11.5 Å². The first-order valence-electron chi connectivity index (χ1n) is 9.47. The van der Waals surface area contributed by atoms with Crippen molar-refractivity contribution in [3.8, 4) is 17.7 Å². The molecule has 5 N–H and O–H groups in total. The number of benzene rings is 3. The van der Waals surface area contributed by atoms with Gasteiger partial charge in [-0.15, -0.1) is 0 Å². The summed E-state index contributed by atoms with van der Waals surface area (Å²) in [6.45, 7) is 0. The van der Waals surface area contributed by atoms with Crippen molar-refractivity contribution in [3.05, 3.63) is 93.0 Å². The summed E-state index contributed by atoms with van der Waals surface area (Å²) < 4.78 is 6.22. The van der Waals surface area contributed by atoms with Crippen molar-refractivity contribution in [3.63, 3.8) is 0 Å². The van der Waals surface area contributed by atoms with Crippen LogP contribution in [0, 0.1) is 21.4 Å². The average molecular weight is 410 g/mol. The van der Waals surface area contributed by atoms with Crippen molar-refractivity contribution >= 4 is 28.0 Å². The van der Waals surface area contributed by atoms with Crippen LogP contribution in [0.15, 0.2) is 60.7 Å². The largest absolute Gasteiger partial charge is 0.422 e. The lowest BCUT2D eigenvalue weighted by Gasteiger charge is -2.29. The Kier molecular flexibility index (Phi) is 3.98. The highest BCUT2D eigenvalue weighted by atomic mass is 16.6. The lowest BCUT2D eigenvalue weighted by molar-refractivity contribution is -0.385. The van der Waals surface area contributed by atoms with Crippen molar-refractivity contribution < 1.29 is 14.6 Å². The maximum Gasteiger partial charge on any atom is 0.294 e. The van der Waals surface area contributed by atoms with Gasteiger partial charge in [-0.05, 0) is 10.9 Å². The molecule has 1 aliphatic rings. The fraction of sp³-hybridized carbons (Fsp3) is 0.0435. The summed E-state index contributed by atoms with van der Waals surface area (Å²) >= 11 is 0. The number of nitrogen functional groups attached to an aromatic ring is 2. The highest BCUT2D eigenvalue weighted by molar-refractivity contribution is 5.91. The van der Waals surface area contributed by atoms with Crippen LogP contribution in [0.3, 0.4) is 0 Å². The number of anilines is 2. The molecule has 0 fully saturated rings. The molecule has 0 radical (unpaired) electrons. The number of aromatic nitrogens is 1. The van der Waals surface area contributed by atoms with E-state index in [9.17, 15) is 15.4 Å². The number of non-ortho nitro benzene ring substituents is 1. The molecule has 1 atom stereocenters. The van der Waals surface area contributed by atoms with Crippen molar-refractivity contribution in [2.24, 2.45) is 0 Å². The molecule has 1 aliphatic heterocycles. The highest BCUT2D eigenvalue weighted by Gasteiger charge is 2.37. The highest BCUT2D eigenvalue weighted by Crippen LogP contribution is 2.51. The minimum absolute atomic E-state index is 0.0358. The van der Waals surface area contributed by atoms with Crippen molar-refractivity contribution in [2.45, 2.75) is 5.92 Å². The van der Waals surface area contributed by atoms with E-state index >= 15 is 0 Å². The Morgan fingerprint density at radius 1 is 1.10 bits per heavy atom. The smallest absolute Gasteiger partial charge is 0.294 e.